The highest BCUT2D eigenvalue weighted by Crippen LogP contribution is 2.21. The average Bonchev–Trinajstić information content (AvgIpc) is 3.10. The standard InChI is InChI=1S/C13H19N3O3S/c17-8-6-16(7-9-18)5-1-4-12-14-13(15-19-12)11-3-2-10-20-11/h2-3,10,17-18H,1,4-9H2. The number of aromatic nitrogens is 2. The van der Waals surface area contributed by atoms with Crippen LogP contribution in [0.15, 0.2) is 22.0 Å². The van der Waals surface area contributed by atoms with E-state index in [0.29, 0.717) is 31.2 Å². The third-order valence-electron chi connectivity index (χ3n) is 2.91. The maximum absolute atomic E-state index is 8.93. The van der Waals surface area contributed by atoms with E-state index in [1.54, 1.807) is 11.3 Å². The second kappa shape index (κ2) is 8.11. The molecule has 7 heteroatoms. The number of thiophene rings is 1. The molecule has 0 aliphatic rings. The molecule has 2 aromatic heterocycles. The largest absolute Gasteiger partial charge is 0.395 e. The predicted molar refractivity (Wildman–Crippen MR) is 76.5 cm³/mol. The third kappa shape index (κ3) is 4.38. The molecule has 0 aliphatic carbocycles. The van der Waals surface area contributed by atoms with Gasteiger partial charge in [-0.05, 0) is 24.4 Å². The second-order valence-corrected chi connectivity index (χ2v) is 5.33. The zero-order valence-corrected chi connectivity index (χ0v) is 12.1. The van der Waals surface area contributed by atoms with Crippen LogP contribution >= 0.6 is 11.3 Å². The fourth-order valence-corrected chi connectivity index (χ4v) is 2.58. The number of hydrogen-bond acceptors (Lipinski definition) is 7. The molecule has 20 heavy (non-hydrogen) atoms. The van der Waals surface area contributed by atoms with Gasteiger partial charge in [0.1, 0.15) is 0 Å². The molecule has 0 radical (unpaired) electrons. The minimum atomic E-state index is 0.100. The van der Waals surface area contributed by atoms with Crippen LogP contribution in [0.5, 0.6) is 0 Å². The molecule has 2 N–H and O–H groups in total. The van der Waals surface area contributed by atoms with E-state index in [0.717, 1.165) is 17.8 Å². The van der Waals surface area contributed by atoms with E-state index >= 15 is 0 Å². The molecule has 0 bridgehead atoms. The van der Waals surface area contributed by atoms with Crippen LogP contribution in [0.2, 0.25) is 0 Å². The first-order valence-electron chi connectivity index (χ1n) is 6.64. The lowest BCUT2D eigenvalue weighted by Gasteiger charge is -2.19. The Bertz CT molecular complexity index is 481. The van der Waals surface area contributed by atoms with E-state index in [1.165, 1.54) is 0 Å². The maximum Gasteiger partial charge on any atom is 0.227 e. The molecule has 0 aromatic carbocycles. The van der Waals surface area contributed by atoms with Crippen molar-refractivity contribution in [2.24, 2.45) is 0 Å². The summed E-state index contributed by atoms with van der Waals surface area (Å²) in [5.41, 5.74) is 0. The predicted octanol–water partition coefficient (Wildman–Crippen LogP) is 1.02. The number of aliphatic hydroxyl groups is 2. The molecule has 110 valence electrons. The van der Waals surface area contributed by atoms with Crippen molar-refractivity contribution in [2.45, 2.75) is 12.8 Å². The van der Waals surface area contributed by atoms with Crippen LogP contribution < -0.4 is 0 Å². The summed E-state index contributed by atoms with van der Waals surface area (Å²) in [4.78, 5) is 7.37. The van der Waals surface area contributed by atoms with E-state index in [9.17, 15) is 0 Å². The Morgan fingerprint density at radius 1 is 1.20 bits per heavy atom. The lowest BCUT2D eigenvalue weighted by molar-refractivity contribution is 0.159. The Kier molecular flexibility index (Phi) is 6.13. The normalized spacial score (nSPS) is 11.3. The van der Waals surface area contributed by atoms with Gasteiger partial charge in [-0.15, -0.1) is 11.3 Å². The van der Waals surface area contributed by atoms with Crippen LogP contribution in [0, 0.1) is 0 Å². The molecular weight excluding hydrogens is 278 g/mol. The lowest BCUT2D eigenvalue weighted by Crippen LogP contribution is -2.31. The molecule has 0 aliphatic heterocycles. The van der Waals surface area contributed by atoms with Gasteiger partial charge >= 0.3 is 0 Å². The zero-order valence-electron chi connectivity index (χ0n) is 11.2. The fraction of sp³-hybridized carbons (Fsp3) is 0.538. The van der Waals surface area contributed by atoms with Crippen LogP contribution in [0.25, 0.3) is 10.7 Å². The Morgan fingerprint density at radius 2 is 2.00 bits per heavy atom. The summed E-state index contributed by atoms with van der Waals surface area (Å²) in [6.45, 7) is 2.14. The Hall–Kier alpha value is -1.28. The van der Waals surface area contributed by atoms with Crippen LogP contribution in [0.3, 0.4) is 0 Å². The van der Waals surface area contributed by atoms with Gasteiger partial charge in [-0.25, -0.2) is 0 Å². The van der Waals surface area contributed by atoms with E-state index in [2.05, 4.69) is 10.1 Å². The van der Waals surface area contributed by atoms with Crippen molar-refractivity contribution in [1.82, 2.24) is 15.0 Å². The van der Waals surface area contributed by atoms with Gasteiger partial charge in [0, 0.05) is 19.5 Å². The van der Waals surface area contributed by atoms with Crippen LogP contribution in [-0.2, 0) is 6.42 Å². The van der Waals surface area contributed by atoms with E-state index in [4.69, 9.17) is 14.7 Å². The van der Waals surface area contributed by atoms with Gasteiger partial charge in [-0.3, -0.25) is 4.90 Å². The number of hydrogen-bond donors (Lipinski definition) is 2. The molecule has 0 saturated carbocycles. The molecule has 0 spiro atoms. The Balaban J connectivity index is 1.79. The van der Waals surface area contributed by atoms with Gasteiger partial charge in [0.15, 0.2) is 0 Å². The summed E-state index contributed by atoms with van der Waals surface area (Å²) in [7, 11) is 0. The van der Waals surface area contributed by atoms with Crippen molar-refractivity contribution in [3.05, 3.63) is 23.4 Å². The lowest BCUT2D eigenvalue weighted by atomic mass is 10.3. The van der Waals surface area contributed by atoms with Crippen LogP contribution in [-0.4, -0.2) is 58.1 Å². The van der Waals surface area contributed by atoms with Crippen molar-refractivity contribution in [3.8, 4) is 10.7 Å². The Morgan fingerprint density at radius 3 is 2.65 bits per heavy atom. The van der Waals surface area contributed by atoms with Crippen molar-refractivity contribution in [1.29, 1.82) is 0 Å². The molecule has 2 aromatic rings. The minimum absolute atomic E-state index is 0.100. The van der Waals surface area contributed by atoms with E-state index in [-0.39, 0.29) is 13.2 Å². The number of rotatable bonds is 9. The number of nitrogens with zero attached hydrogens (tertiary/aromatic N) is 3. The average molecular weight is 297 g/mol. The monoisotopic (exact) mass is 297 g/mol. The van der Waals surface area contributed by atoms with E-state index in [1.807, 2.05) is 22.4 Å². The molecule has 0 amide bonds. The first-order valence-corrected chi connectivity index (χ1v) is 7.52. The van der Waals surface area contributed by atoms with Gasteiger partial charge < -0.3 is 14.7 Å². The summed E-state index contributed by atoms with van der Waals surface area (Å²) in [6.07, 6.45) is 1.55. The van der Waals surface area contributed by atoms with Crippen LogP contribution in [0.1, 0.15) is 12.3 Å². The summed E-state index contributed by atoms with van der Waals surface area (Å²) in [5.74, 6) is 1.26. The van der Waals surface area contributed by atoms with Gasteiger partial charge in [-0.1, -0.05) is 11.2 Å². The van der Waals surface area contributed by atoms with Crippen molar-refractivity contribution < 1.29 is 14.7 Å². The minimum Gasteiger partial charge on any atom is -0.395 e. The molecular formula is C13H19N3O3S. The number of aliphatic hydroxyl groups excluding tert-OH is 2. The highest BCUT2D eigenvalue weighted by Gasteiger charge is 2.10. The summed E-state index contributed by atoms with van der Waals surface area (Å²) in [6, 6.07) is 3.92. The molecule has 2 heterocycles. The first kappa shape index (κ1) is 15.1. The molecule has 6 nitrogen and oxygen atoms in total. The second-order valence-electron chi connectivity index (χ2n) is 4.38. The van der Waals surface area contributed by atoms with Crippen molar-refractivity contribution in [3.63, 3.8) is 0 Å². The zero-order chi connectivity index (χ0) is 14.2. The van der Waals surface area contributed by atoms with Crippen molar-refractivity contribution >= 4 is 11.3 Å². The topological polar surface area (TPSA) is 82.6 Å². The smallest absolute Gasteiger partial charge is 0.227 e. The summed E-state index contributed by atoms with van der Waals surface area (Å²) < 4.78 is 5.22. The van der Waals surface area contributed by atoms with Gasteiger partial charge in [0.2, 0.25) is 11.7 Å². The SMILES string of the molecule is OCCN(CCO)CCCc1nc(-c2cccs2)no1. The summed E-state index contributed by atoms with van der Waals surface area (Å²) in [5, 5.41) is 23.8. The number of aryl methyl sites for hydroxylation is 1. The first-order chi connectivity index (χ1) is 9.83. The molecule has 0 fully saturated rings. The highest BCUT2D eigenvalue weighted by molar-refractivity contribution is 7.13. The molecule has 0 saturated heterocycles. The quantitative estimate of drug-likeness (QED) is 0.719. The van der Waals surface area contributed by atoms with E-state index < -0.39 is 0 Å². The highest BCUT2D eigenvalue weighted by atomic mass is 32.1. The van der Waals surface area contributed by atoms with Gasteiger partial charge in [0.05, 0.1) is 18.1 Å². The Labute approximate surface area is 121 Å². The molecule has 2 rings (SSSR count). The molecule has 0 atom stereocenters. The van der Waals surface area contributed by atoms with Crippen molar-refractivity contribution in [2.75, 3.05) is 32.8 Å². The summed E-state index contributed by atoms with van der Waals surface area (Å²) >= 11 is 1.58. The van der Waals surface area contributed by atoms with Crippen LogP contribution in [0.4, 0.5) is 0 Å². The maximum atomic E-state index is 8.93. The molecule has 0 unspecified atom stereocenters. The van der Waals surface area contributed by atoms with Gasteiger partial charge in [-0.2, -0.15) is 4.98 Å². The van der Waals surface area contributed by atoms with Gasteiger partial charge in [0.25, 0.3) is 0 Å². The fourth-order valence-electron chi connectivity index (χ4n) is 1.93. The third-order valence-corrected chi connectivity index (χ3v) is 3.77.